The second-order valence-corrected chi connectivity index (χ2v) is 7.46. The summed E-state index contributed by atoms with van der Waals surface area (Å²) in [6.07, 6.45) is 3.32. The first kappa shape index (κ1) is 15.5. The van der Waals surface area contributed by atoms with Crippen LogP contribution in [0.4, 0.5) is 30.9 Å². The van der Waals surface area contributed by atoms with Gasteiger partial charge in [-0.15, -0.1) is 4.98 Å². The average molecular weight is 351 g/mol. The van der Waals surface area contributed by atoms with Crippen molar-refractivity contribution in [3.63, 3.8) is 0 Å². The number of anilines is 2. The van der Waals surface area contributed by atoms with Gasteiger partial charge >= 0.3 is 16.0 Å². The molecule has 124 valence electrons. The van der Waals surface area contributed by atoms with Gasteiger partial charge in [-0.25, -0.2) is 0 Å². The monoisotopic (exact) mass is 351 g/mol. The predicted molar refractivity (Wildman–Crippen MR) is 77.6 cm³/mol. The molecule has 2 N–H and O–H groups in total. The molecule has 4 nitrogen and oxygen atoms in total. The molecule has 0 atom stereocenters. The van der Waals surface area contributed by atoms with Crippen LogP contribution in [0.3, 0.4) is 0 Å². The van der Waals surface area contributed by atoms with Crippen LogP contribution in [0, 0.1) is 6.92 Å². The van der Waals surface area contributed by atoms with Gasteiger partial charge in [0.25, 0.3) is 0 Å². The van der Waals surface area contributed by atoms with Crippen LogP contribution in [0.15, 0.2) is 47.6 Å². The van der Waals surface area contributed by atoms with E-state index >= 15 is 0 Å². The fourth-order valence-electron chi connectivity index (χ4n) is 2.11. The van der Waals surface area contributed by atoms with E-state index in [9.17, 15) is 19.4 Å². The fourth-order valence-corrected chi connectivity index (χ4v) is 2.76. The van der Waals surface area contributed by atoms with Crippen LogP contribution < -0.4 is 9.72 Å². The summed E-state index contributed by atoms with van der Waals surface area (Å²) in [6.45, 7) is 1.75. The zero-order valence-corrected chi connectivity index (χ0v) is 12.6. The summed E-state index contributed by atoms with van der Waals surface area (Å²) in [4.78, 5) is 5.21. The minimum absolute atomic E-state index is 0.246. The molecule has 23 heavy (non-hydrogen) atoms. The van der Waals surface area contributed by atoms with Crippen LogP contribution in [0.5, 0.6) is 0 Å². The third-order valence-electron chi connectivity index (χ3n) is 3.12. The lowest BCUT2D eigenvalue weighted by Gasteiger charge is -2.40. The van der Waals surface area contributed by atoms with Gasteiger partial charge in [0.1, 0.15) is 10.6 Å². The van der Waals surface area contributed by atoms with Gasteiger partial charge in [0.15, 0.2) is 0 Å². The molecule has 0 fully saturated rings. The molecule has 0 bridgehead atoms. The van der Waals surface area contributed by atoms with Gasteiger partial charge in [-0.1, -0.05) is 19.4 Å². The van der Waals surface area contributed by atoms with Gasteiger partial charge in [-0.3, -0.25) is 10.3 Å². The van der Waals surface area contributed by atoms with Crippen LogP contribution in [0.2, 0.25) is 0 Å². The molecule has 0 aliphatic rings. The molecular formula is C13H12F5N4S+. The number of hydrogen-bond donors (Lipinski definition) is 2. The molecule has 0 unspecified atom stereocenters. The van der Waals surface area contributed by atoms with E-state index in [0.717, 1.165) is 12.1 Å². The maximum Gasteiger partial charge on any atom is 0.356 e. The topological polar surface area (TPSA) is 44.8 Å². The Hall–Kier alpha value is -2.36. The van der Waals surface area contributed by atoms with Crippen molar-refractivity contribution in [2.45, 2.75) is 11.8 Å². The van der Waals surface area contributed by atoms with Crippen molar-refractivity contribution in [2.24, 2.45) is 0 Å². The Balaban J connectivity index is 1.97. The Bertz CT molecular complexity index is 887. The molecule has 1 aromatic carbocycles. The molecule has 0 saturated heterocycles. The molecule has 10 heteroatoms. The van der Waals surface area contributed by atoms with E-state index in [4.69, 9.17) is 0 Å². The minimum atomic E-state index is -9.64. The van der Waals surface area contributed by atoms with Gasteiger partial charge in [-0.2, -0.15) is 4.40 Å². The highest BCUT2D eigenvalue weighted by Crippen LogP contribution is 3.02. The number of H-pyrrole nitrogens is 1. The van der Waals surface area contributed by atoms with Crippen molar-refractivity contribution >= 4 is 27.5 Å². The van der Waals surface area contributed by atoms with Crippen molar-refractivity contribution in [3.8, 4) is 0 Å². The molecule has 0 aliphatic carbocycles. The Kier molecular flexibility index (Phi) is 2.79. The smallest absolute Gasteiger partial charge is 0.290 e. The number of aromatic amines is 1. The van der Waals surface area contributed by atoms with Crippen LogP contribution in [0.1, 0.15) is 5.69 Å². The molecule has 2 heterocycles. The van der Waals surface area contributed by atoms with Crippen molar-refractivity contribution in [1.29, 1.82) is 0 Å². The average Bonchev–Trinajstić information content (AvgIpc) is 2.84. The summed E-state index contributed by atoms with van der Waals surface area (Å²) in [5.41, 5.74) is 0.926. The quantitative estimate of drug-likeness (QED) is 0.523. The maximum absolute atomic E-state index is 12.7. The first-order valence-corrected chi connectivity index (χ1v) is 8.35. The highest BCUT2D eigenvalue weighted by atomic mass is 32.5. The van der Waals surface area contributed by atoms with Crippen LogP contribution in [-0.4, -0.2) is 9.97 Å². The second-order valence-electron chi connectivity index (χ2n) is 5.05. The van der Waals surface area contributed by atoms with Crippen LogP contribution in [0.25, 0.3) is 5.78 Å². The van der Waals surface area contributed by atoms with E-state index in [0.29, 0.717) is 29.4 Å². The summed E-state index contributed by atoms with van der Waals surface area (Å²) in [5.74, 6) is 1.07. The Morgan fingerprint density at radius 3 is 2.35 bits per heavy atom. The maximum atomic E-state index is 12.7. The standard InChI is InChI=1S/C13H11F5N4S/c1-9-8-12(22-7-6-19-13(22)20-9)21-10-2-4-11(5-3-10)23(14,15,16,17)18/h2-8H,1H3,(H,19,20,21)/p+1. The zero-order valence-electron chi connectivity index (χ0n) is 11.7. The number of nitrogens with one attached hydrogen (secondary N) is 2. The number of hydrogen-bond acceptors (Lipinski definition) is 2. The lowest BCUT2D eigenvalue weighted by Crippen LogP contribution is -2.24. The van der Waals surface area contributed by atoms with Gasteiger partial charge in [0, 0.05) is 6.07 Å². The predicted octanol–water partition coefficient (Wildman–Crippen LogP) is 4.86. The SMILES string of the molecule is Cc1cc(Nc2ccc(S(F)(F)(F)(F)F)cc2)[n+]2cc[nH]c2n1. The van der Waals surface area contributed by atoms with Gasteiger partial charge in [-0.05, 0) is 31.2 Å². The van der Waals surface area contributed by atoms with Crippen molar-refractivity contribution in [2.75, 3.05) is 5.32 Å². The number of halogens is 5. The zero-order chi connectivity index (χ0) is 16.9. The minimum Gasteiger partial charge on any atom is -0.290 e. The lowest BCUT2D eigenvalue weighted by molar-refractivity contribution is -0.496. The molecule has 3 rings (SSSR count). The highest BCUT2D eigenvalue weighted by Gasteiger charge is 2.65. The number of rotatable bonds is 3. The van der Waals surface area contributed by atoms with Gasteiger partial charge in [0.2, 0.25) is 5.82 Å². The van der Waals surface area contributed by atoms with E-state index in [2.05, 4.69) is 15.3 Å². The first-order chi connectivity index (χ1) is 10.4. The summed E-state index contributed by atoms with van der Waals surface area (Å²) >= 11 is 0. The third-order valence-corrected chi connectivity index (χ3v) is 4.29. The molecule has 3 aromatic rings. The molecular weight excluding hydrogens is 339 g/mol. The van der Waals surface area contributed by atoms with E-state index in [-0.39, 0.29) is 5.69 Å². The van der Waals surface area contributed by atoms with Gasteiger partial charge < -0.3 is 0 Å². The molecule has 0 aliphatic heterocycles. The van der Waals surface area contributed by atoms with Gasteiger partial charge in [0.05, 0.1) is 18.1 Å². The summed E-state index contributed by atoms with van der Waals surface area (Å²) in [6, 6.07) is 4.34. The van der Waals surface area contributed by atoms with Crippen molar-refractivity contribution in [3.05, 3.63) is 48.4 Å². The highest BCUT2D eigenvalue weighted by molar-refractivity contribution is 8.45. The summed E-state index contributed by atoms with van der Waals surface area (Å²) in [5, 5.41) is 2.88. The fraction of sp³-hybridized carbons (Fsp3) is 0.0769. The van der Waals surface area contributed by atoms with Crippen molar-refractivity contribution in [1.82, 2.24) is 9.97 Å². The lowest BCUT2D eigenvalue weighted by atomic mass is 10.3. The normalized spacial score (nSPS) is 15.2. The van der Waals surface area contributed by atoms with E-state index in [1.54, 1.807) is 29.8 Å². The summed E-state index contributed by atoms with van der Waals surface area (Å²) in [7, 11) is -9.64. The number of fused-ring (bicyclic) bond motifs is 1. The number of nitrogens with zero attached hydrogens (tertiary/aromatic N) is 2. The van der Waals surface area contributed by atoms with Crippen molar-refractivity contribution < 1.29 is 23.8 Å². The summed E-state index contributed by atoms with van der Waals surface area (Å²) < 4.78 is 65.1. The van der Waals surface area contributed by atoms with Crippen LogP contribution >= 0.6 is 10.2 Å². The molecule has 0 saturated carbocycles. The number of aryl methyl sites for hydroxylation is 1. The van der Waals surface area contributed by atoms with E-state index in [1.165, 1.54) is 0 Å². The van der Waals surface area contributed by atoms with Crippen LogP contribution in [-0.2, 0) is 0 Å². The Morgan fingerprint density at radius 1 is 1.09 bits per heavy atom. The largest absolute Gasteiger partial charge is 0.356 e. The number of aromatic nitrogens is 3. The Labute approximate surface area is 127 Å². The number of imidazole rings is 1. The molecule has 0 amide bonds. The third kappa shape index (κ3) is 3.21. The molecule has 0 radical (unpaired) electrons. The molecule has 2 aromatic heterocycles. The number of benzene rings is 1. The van der Waals surface area contributed by atoms with E-state index in [1.807, 2.05) is 0 Å². The second kappa shape index (κ2) is 4.13. The first-order valence-electron chi connectivity index (χ1n) is 6.40. The Morgan fingerprint density at radius 2 is 1.74 bits per heavy atom. The van der Waals surface area contributed by atoms with E-state index < -0.39 is 15.1 Å². The molecule has 0 spiro atoms.